The van der Waals surface area contributed by atoms with Crippen molar-refractivity contribution < 1.29 is 9.90 Å². The number of pyridine rings is 1. The van der Waals surface area contributed by atoms with Crippen LogP contribution in [0.15, 0.2) is 18.5 Å². The van der Waals surface area contributed by atoms with E-state index in [1.807, 2.05) is 6.92 Å². The van der Waals surface area contributed by atoms with Gasteiger partial charge in [0, 0.05) is 6.20 Å². The molecule has 0 fully saturated rings. The molecule has 14 heavy (non-hydrogen) atoms. The maximum absolute atomic E-state index is 10.8. The second-order valence-electron chi connectivity index (χ2n) is 2.98. The molecule has 0 radical (unpaired) electrons. The van der Waals surface area contributed by atoms with Gasteiger partial charge in [0.1, 0.15) is 5.65 Å². The van der Waals surface area contributed by atoms with Gasteiger partial charge in [-0.3, -0.25) is 4.40 Å². The number of carboxylic acids is 1. The van der Waals surface area contributed by atoms with Gasteiger partial charge in [0.2, 0.25) is 0 Å². The van der Waals surface area contributed by atoms with Crippen LogP contribution in [0.1, 0.15) is 16.1 Å². The molecule has 2 rings (SSSR count). The molecule has 0 aliphatic rings. The average molecular weight is 211 g/mol. The third-order valence-electron chi connectivity index (χ3n) is 1.98. The fourth-order valence-corrected chi connectivity index (χ4v) is 1.63. The third-order valence-corrected chi connectivity index (χ3v) is 2.18. The molecule has 0 bridgehead atoms. The number of fused-ring (bicyclic) bond motifs is 1. The van der Waals surface area contributed by atoms with Crippen LogP contribution in [0.3, 0.4) is 0 Å². The number of hydrogen-bond acceptors (Lipinski definition) is 2. The van der Waals surface area contributed by atoms with E-state index >= 15 is 0 Å². The van der Waals surface area contributed by atoms with Gasteiger partial charge in [-0.25, -0.2) is 9.78 Å². The Hall–Kier alpha value is -1.55. The van der Waals surface area contributed by atoms with Crippen molar-refractivity contribution in [1.82, 2.24) is 9.38 Å². The third kappa shape index (κ3) is 1.24. The SMILES string of the molecule is Cc1cc(Cl)cn2c(C(=O)O)cnc12. The summed E-state index contributed by atoms with van der Waals surface area (Å²) in [6.07, 6.45) is 2.86. The molecule has 0 aromatic carbocycles. The van der Waals surface area contributed by atoms with Crippen LogP contribution in [0.4, 0.5) is 0 Å². The number of aromatic carboxylic acids is 1. The van der Waals surface area contributed by atoms with Crippen LogP contribution in [0.2, 0.25) is 5.02 Å². The zero-order chi connectivity index (χ0) is 10.3. The Kier molecular flexibility index (Phi) is 1.93. The van der Waals surface area contributed by atoms with Crippen molar-refractivity contribution in [3.05, 3.63) is 34.7 Å². The molecular weight excluding hydrogens is 204 g/mol. The Morgan fingerprint density at radius 3 is 3.00 bits per heavy atom. The van der Waals surface area contributed by atoms with Gasteiger partial charge in [0.05, 0.1) is 11.2 Å². The maximum atomic E-state index is 10.8. The first kappa shape index (κ1) is 9.02. The fraction of sp³-hybridized carbons (Fsp3) is 0.111. The summed E-state index contributed by atoms with van der Waals surface area (Å²) in [5, 5.41) is 9.35. The van der Waals surface area contributed by atoms with Crippen molar-refractivity contribution in [3.63, 3.8) is 0 Å². The van der Waals surface area contributed by atoms with Crippen LogP contribution in [-0.2, 0) is 0 Å². The number of carboxylic acid groups (broad SMARTS) is 1. The molecule has 0 amide bonds. The van der Waals surface area contributed by atoms with E-state index in [4.69, 9.17) is 16.7 Å². The Balaban J connectivity index is 2.85. The van der Waals surface area contributed by atoms with E-state index in [-0.39, 0.29) is 5.69 Å². The van der Waals surface area contributed by atoms with E-state index in [2.05, 4.69) is 4.98 Å². The topological polar surface area (TPSA) is 54.6 Å². The normalized spacial score (nSPS) is 10.7. The summed E-state index contributed by atoms with van der Waals surface area (Å²) >= 11 is 5.82. The highest BCUT2D eigenvalue weighted by Crippen LogP contribution is 2.17. The zero-order valence-electron chi connectivity index (χ0n) is 7.36. The first-order valence-corrected chi connectivity index (χ1v) is 4.34. The minimum absolute atomic E-state index is 0.116. The average Bonchev–Trinajstić information content (AvgIpc) is 2.47. The second-order valence-corrected chi connectivity index (χ2v) is 3.42. The van der Waals surface area contributed by atoms with Crippen LogP contribution in [0, 0.1) is 6.92 Å². The lowest BCUT2D eigenvalue weighted by atomic mass is 10.3. The van der Waals surface area contributed by atoms with Crippen molar-refractivity contribution >= 4 is 23.2 Å². The predicted octanol–water partition coefficient (Wildman–Crippen LogP) is 1.99. The van der Waals surface area contributed by atoms with E-state index < -0.39 is 5.97 Å². The standard InChI is InChI=1S/C9H7ClN2O2/c1-5-2-6(10)4-12-7(9(13)14)3-11-8(5)12/h2-4H,1H3,(H,13,14). The van der Waals surface area contributed by atoms with Gasteiger partial charge in [0.15, 0.2) is 5.69 Å². The Morgan fingerprint density at radius 1 is 1.64 bits per heavy atom. The molecule has 4 nitrogen and oxygen atoms in total. The molecule has 0 atom stereocenters. The van der Waals surface area contributed by atoms with Gasteiger partial charge in [-0.05, 0) is 18.6 Å². The molecule has 2 aromatic rings. The van der Waals surface area contributed by atoms with Crippen molar-refractivity contribution in [2.45, 2.75) is 6.92 Å². The lowest BCUT2D eigenvalue weighted by Gasteiger charge is -2.00. The van der Waals surface area contributed by atoms with Crippen LogP contribution >= 0.6 is 11.6 Å². The molecular formula is C9H7ClN2O2. The lowest BCUT2D eigenvalue weighted by molar-refractivity contribution is 0.0689. The van der Waals surface area contributed by atoms with Gasteiger partial charge in [0.25, 0.3) is 0 Å². The highest BCUT2D eigenvalue weighted by Gasteiger charge is 2.11. The molecule has 0 saturated heterocycles. The fourth-order valence-electron chi connectivity index (χ4n) is 1.37. The zero-order valence-corrected chi connectivity index (χ0v) is 8.12. The first-order valence-electron chi connectivity index (χ1n) is 3.96. The van der Waals surface area contributed by atoms with E-state index in [1.54, 1.807) is 12.3 Å². The quantitative estimate of drug-likeness (QED) is 0.783. The molecule has 2 heterocycles. The van der Waals surface area contributed by atoms with Crippen LogP contribution in [0.5, 0.6) is 0 Å². The van der Waals surface area contributed by atoms with E-state index in [1.165, 1.54) is 10.6 Å². The second kappa shape index (κ2) is 2.99. The van der Waals surface area contributed by atoms with Crippen molar-refractivity contribution in [2.24, 2.45) is 0 Å². The largest absolute Gasteiger partial charge is 0.477 e. The smallest absolute Gasteiger partial charge is 0.354 e. The number of hydrogen-bond donors (Lipinski definition) is 1. The van der Waals surface area contributed by atoms with Gasteiger partial charge >= 0.3 is 5.97 Å². The molecule has 0 unspecified atom stereocenters. The Morgan fingerprint density at radius 2 is 2.36 bits per heavy atom. The number of halogens is 1. The number of aromatic nitrogens is 2. The predicted molar refractivity (Wildman–Crippen MR) is 51.9 cm³/mol. The molecule has 0 aliphatic carbocycles. The summed E-state index contributed by atoms with van der Waals surface area (Å²) in [6, 6.07) is 1.75. The monoisotopic (exact) mass is 210 g/mol. The van der Waals surface area contributed by atoms with Gasteiger partial charge in [-0.1, -0.05) is 11.6 Å². The summed E-state index contributed by atoms with van der Waals surface area (Å²) in [4.78, 5) is 14.8. The Labute approximate surface area is 84.8 Å². The van der Waals surface area contributed by atoms with E-state index in [0.717, 1.165) is 5.56 Å². The lowest BCUT2D eigenvalue weighted by Crippen LogP contribution is -2.01. The highest BCUT2D eigenvalue weighted by molar-refractivity contribution is 6.30. The minimum atomic E-state index is -1.01. The summed E-state index contributed by atoms with van der Waals surface area (Å²) in [5.74, 6) is -1.01. The molecule has 0 aliphatic heterocycles. The molecule has 0 saturated carbocycles. The van der Waals surface area contributed by atoms with Crippen molar-refractivity contribution in [3.8, 4) is 0 Å². The number of nitrogens with zero attached hydrogens (tertiary/aromatic N) is 2. The van der Waals surface area contributed by atoms with Crippen molar-refractivity contribution in [2.75, 3.05) is 0 Å². The number of aryl methyl sites for hydroxylation is 1. The van der Waals surface area contributed by atoms with Crippen molar-refractivity contribution in [1.29, 1.82) is 0 Å². The Bertz CT molecular complexity index is 519. The highest BCUT2D eigenvalue weighted by atomic mass is 35.5. The summed E-state index contributed by atoms with van der Waals surface area (Å²) in [7, 11) is 0. The summed E-state index contributed by atoms with van der Waals surface area (Å²) in [6.45, 7) is 1.83. The van der Waals surface area contributed by atoms with E-state index in [0.29, 0.717) is 10.7 Å². The number of carbonyl (C=O) groups is 1. The number of imidazole rings is 1. The summed E-state index contributed by atoms with van der Waals surface area (Å²) in [5.41, 5.74) is 1.59. The number of rotatable bonds is 1. The van der Waals surface area contributed by atoms with E-state index in [9.17, 15) is 4.79 Å². The van der Waals surface area contributed by atoms with Gasteiger partial charge in [-0.2, -0.15) is 0 Å². The molecule has 5 heteroatoms. The van der Waals surface area contributed by atoms with Crippen LogP contribution in [-0.4, -0.2) is 20.5 Å². The van der Waals surface area contributed by atoms with Gasteiger partial charge < -0.3 is 5.11 Å². The molecule has 0 spiro atoms. The molecule has 2 aromatic heterocycles. The van der Waals surface area contributed by atoms with Gasteiger partial charge in [-0.15, -0.1) is 0 Å². The molecule has 1 N–H and O–H groups in total. The van der Waals surface area contributed by atoms with Crippen LogP contribution in [0.25, 0.3) is 5.65 Å². The maximum Gasteiger partial charge on any atom is 0.354 e. The minimum Gasteiger partial charge on any atom is -0.477 e. The van der Waals surface area contributed by atoms with Crippen LogP contribution < -0.4 is 0 Å². The summed E-state index contributed by atoms with van der Waals surface area (Å²) < 4.78 is 1.47. The molecule has 72 valence electrons. The first-order chi connectivity index (χ1) is 6.59.